The van der Waals surface area contributed by atoms with Crippen molar-refractivity contribution in [2.45, 2.75) is 0 Å². The van der Waals surface area contributed by atoms with Gasteiger partial charge in [0, 0.05) is 10.9 Å². The molecule has 0 fully saturated rings. The Kier molecular flexibility index (Phi) is 2.49. The van der Waals surface area contributed by atoms with Crippen LogP contribution in [0, 0.1) is 0 Å². The monoisotopic (exact) mass is 259 g/mol. The van der Waals surface area contributed by atoms with Gasteiger partial charge in [-0.15, -0.1) is 0 Å². The summed E-state index contributed by atoms with van der Waals surface area (Å²) in [4.78, 5) is 15.6. The van der Waals surface area contributed by atoms with Gasteiger partial charge in [0.25, 0.3) is 0 Å². The van der Waals surface area contributed by atoms with Gasteiger partial charge >= 0.3 is 0 Å². The Labute approximate surface area is 108 Å². The van der Waals surface area contributed by atoms with Gasteiger partial charge in [-0.1, -0.05) is 23.7 Å². The lowest BCUT2D eigenvalue weighted by Gasteiger charge is -2.08. The van der Waals surface area contributed by atoms with Crippen molar-refractivity contribution in [2.24, 2.45) is 0 Å². The summed E-state index contributed by atoms with van der Waals surface area (Å²) in [5, 5.41) is 1.52. The summed E-state index contributed by atoms with van der Waals surface area (Å²) >= 11 is 6.12. The van der Waals surface area contributed by atoms with E-state index < -0.39 is 0 Å². The zero-order valence-electron chi connectivity index (χ0n) is 9.66. The third-order valence-electron chi connectivity index (χ3n) is 2.99. The van der Waals surface area contributed by atoms with Crippen LogP contribution in [0.25, 0.3) is 21.8 Å². The Morgan fingerprint density at radius 2 is 1.94 bits per heavy atom. The van der Waals surface area contributed by atoms with E-state index in [0.29, 0.717) is 27.1 Å². The maximum atomic E-state index is 12.4. The molecule has 1 aromatic heterocycles. The van der Waals surface area contributed by atoms with Crippen molar-refractivity contribution in [1.29, 1.82) is 0 Å². The smallest absolute Gasteiger partial charge is 0.198 e. The van der Waals surface area contributed by atoms with Gasteiger partial charge in [0.05, 0.1) is 23.0 Å². The minimum absolute atomic E-state index is 0.0803. The molecule has 0 unspecified atom stereocenters. The number of rotatable bonds is 1. The molecule has 0 saturated carbocycles. The van der Waals surface area contributed by atoms with Crippen LogP contribution >= 0.6 is 11.6 Å². The van der Waals surface area contributed by atoms with Crippen LogP contribution in [0.15, 0.2) is 41.2 Å². The molecule has 1 N–H and O–H groups in total. The lowest BCUT2D eigenvalue weighted by molar-refractivity contribution is 0.419. The molecule has 3 aromatic rings. The molecule has 0 atom stereocenters. The number of hydrogen-bond acceptors (Lipinski definition) is 2. The Morgan fingerprint density at radius 1 is 1.17 bits per heavy atom. The number of para-hydroxylation sites is 1. The van der Waals surface area contributed by atoms with Crippen LogP contribution in [0.5, 0.6) is 5.75 Å². The van der Waals surface area contributed by atoms with Gasteiger partial charge in [-0.25, -0.2) is 0 Å². The average Bonchev–Trinajstić information content (AvgIpc) is 2.39. The molecule has 0 aliphatic rings. The first-order valence-corrected chi connectivity index (χ1v) is 5.87. The quantitative estimate of drug-likeness (QED) is 0.681. The highest BCUT2D eigenvalue weighted by Gasteiger charge is 2.11. The second-order valence-corrected chi connectivity index (χ2v) is 4.41. The number of methoxy groups -OCH3 is 1. The number of pyridine rings is 1. The fourth-order valence-corrected chi connectivity index (χ4v) is 2.38. The molecular weight excluding hydrogens is 250 g/mol. The fourth-order valence-electron chi connectivity index (χ4n) is 2.13. The van der Waals surface area contributed by atoms with Crippen molar-refractivity contribution in [3.8, 4) is 5.75 Å². The number of nitrogens with one attached hydrogen (secondary N) is 1. The second kappa shape index (κ2) is 4.03. The topological polar surface area (TPSA) is 42.1 Å². The predicted molar refractivity (Wildman–Crippen MR) is 73.6 cm³/mol. The van der Waals surface area contributed by atoms with E-state index in [-0.39, 0.29) is 5.43 Å². The molecule has 3 rings (SSSR count). The summed E-state index contributed by atoms with van der Waals surface area (Å²) in [6.45, 7) is 0. The van der Waals surface area contributed by atoms with Crippen molar-refractivity contribution in [3.63, 3.8) is 0 Å². The Bertz CT molecular complexity index is 808. The van der Waals surface area contributed by atoms with Crippen LogP contribution < -0.4 is 10.2 Å². The summed E-state index contributed by atoms with van der Waals surface area (Å²) in [7, 11) is 1.57. The zero-order chi connectivity index (χ0) is 12.7. The van der Waals surface area contributed by atoms with Crippen LogP contribution in [0.4, 0.5) is 0 Å². The first kappa shape index (κ1) is 11.1. The third-order valence-corrected chi connectivity index (χ3v) is 3.31. The van der Waals surface area contributed by atoms with Gasteiger partial charge in [-0.05, 0) is 24.3 Å². The summed E-state index contributed by atoms with van der Waals surface area (Å²) in [6.07, 6.45) is 0. The van der Waals surface area contributed by atoms with Crippen LogP contribution in [0.2, 0.25) is 5.02 Å². The lowest BCUT2D eigenvalue weighted by Crippen LogP contribution is -2.05. The molecule has 0 spiro atoms. The number of aromatic nitrogens is 1. The summed E-state index contributed by atoms with van der Waals surface area (Å²) in [5.41, 5.74) is 1.33. The Morgan fingerprint density at radius 3 is 2.72 bits per heavy atom. The van der Waals surface area contributed by atoms with Crippen LogP contribution in [0.1, 0.15) is 0 Å². The zero-order valence-corrected chi connectivity index (χ0v) is 10.4. The van der Waals surface area contributed by atoms with Gasteiger partial charge in [-0.2, -0.15) is 0 Å². The highest BCUT2D eigenvalue weighted by Crippen LogP contribution is 2.29. The van der Waals surface area contributed by atoms with Crippen molar-refractivity contribution in [2.75, 3.05) is 7.11 Å². The number of halogens is 1. The molecule has 0 bridgehead atoms. The minimum Gasteiger partial charge on any atom is -0.495 e. The van der Waals surface area contributed by atoms with Gasteiger partial charge < -0.3 is 9.72 Å². The summed E-state index contributed by atoms with van der Waals surface area (Å²) in [5.74, 6) is 0.609. The van der Waals surface area contributed by atoms with E-state index in [2.05, 4.69) is 4.98 Å². The SMILES string of the molecule is COc1ccc(Cl)c2c(=O)c3ccccc3[nH]c12. The molecule has 0 aliphatic heterocycles. The lowest BCUT2D eigenvalue weighted by atomic mass is 10.1. The molecule has 0 amide bonds. The van der Waals surface area contributed by atoms with E-state index in [1.54, 1.807) is 25.3 Å². The minimum atomic E-state index is -0.0803. The number of H-pyrrole nitrogens is 1. The second-order valence-electron chi connectivity index (χ2n) is 4.00. The summed E-state index contributed by atoms with van der Waals surface area (Å²) in [6, 6.07) is 10.8. The normalized spacial score (nSPS) is 11.0. The summed E-state index contributed by atoms with van der Waals surface area (Å²) < 4.78 is 5.26. The number of fused-ring (bicyclic) bond motifs is 2. The molecule has 0 radical (unpaired) electrons. The first-order valence-electron chi connectivity index (χ1n) is 5.49. The van der Waals surface area contributed by atoms with Gasteiger partial charge in [-0.3, -0.25) is 4.79 Å². The van der Waals surface area contributed by atoms with Crippen LogP contribution in [-0.2, 0) is 0 Å². The third kappa shape index (κ3) is 1.48. The van der Waals surface area contributed by atoms with Crippen molar-refractivity contribution < 1.29 is 4.74 Å². The molecule has 18 heavy (non-hydrogen) atoms. The molecule has 1 heterocycles. The van der Waals surface area contributed by atoms with Crippen molar-refractivity contribution in [3.05, 3.63) is 51.6 Å². The number of ether oxygens (including phenoxy) is 1. The van der Waals surface area contributed by atoms with Gasteiger partial charge in [0.2, 0.25) is 0 Å². The molecule has 90 valence electrons. The van der Waals surface area contributed by atoms with E-state index in [9.17, 15) is 4.79 Å². The molecular formula is C14H10ClNO2. The standard InChI is InChI=1S/C14H10ClNO2/c1-18-11-7-6-9(15)12-13(11)16-10-5-3-2-4-8(10)14(12)17/h2-7H,1H3,(H,16,17). The average molecular weight is 260 g/mol. The van der Waals surface area contributed by atoms with E-state index in [4.69, 9.17) is 16.3 Å². The molecule has 4 heteroatoms. The Balaban J connectivity index is 2.63. The van der Waals surface area contributed by atoms with Crippen LogP contribution in [-0.4, -0.2) is 12.1 Å². The molecule has 2 aromatic carbocycles. The number of hydrogen-bond donors (Lipinski definition) is 1. The largest absolute Gasteiger partial charge is 0.495 e. The van der Waals surface area contributed by atoms with E-state index >= 15 is 0 Å². The highest BCUT2D eigenvalue weighted by atomic mass is 35.5. The van der Waals surface area contributed by atoms with Gasteiger partial charge in [0.15, 0.2) is 5.43 Å². The molecule has 0 aliphatic carbocycles. The van der Waals surface area contributed by atoms with Crippen LogP contribution in [0.3, 0.4) is 0 Å². The van der Waals surface area contributed by atoms with Crippen molar-refractivity contribution in [1.82, 2.24) is 4.98 Å². The molecule has 0 saturated heterocycles. The van der Waals surface area contributed by atoms with E-state index in [0.717, 1.165) is 5.52 Å². The van der Waals surface area contributed by atoms with Crippen molar-refractivity contribution >= 4 is 33.4 Å². The predicted octanol–water partition coefficient (Wildman–Crippen LogP) is 3.34. The molecule has 3 nitrogen and oxygen atoms in total. The van der Waals surface area contributed by atoms with E-state index in [1.165, 1.54) is 0 Å². The highest BCUT2D eigenvalue weighted by molar-refractivity contribution is 6.35. The van der Waals surface area contributed by atoms with E-state index in [1.807, 2.05) is 18.2 Å². The fraction of sp³-hybridized carbons (Fsp3) is 0.0714. The maximum Gasteiger partial charge on any atom is 0.198 e. The number of benzene rings is 2. The maximum absolute atomic E-state index is 12.4. The van der Waals surface area contributed by atoms with Gasteiger partial charge in [0.1, 0.15) is 5.75 Å². The first-order chi connectivity index (χ1) is 8.72. The Hall–Kier alpha value is -2.00. The number of aromatic amines is 1.